The molecular formula is C19H27N5. The number of benzene rings is 1. The van der Waals surface area contributed by atoms with Crippen LogP contribution in [0.4, 0.5) is 11.8 Å². The smallest absolute Gasteiger partial charge is 0.222 e. The van der Waals surface area contributed by atoms with E-state index in [4.69, 9.17) is 5.73 Å². The van der Waals surface area contributed by atoms with Gasteiger partial charge in [0, 0.05) is 31.6 Å². The van der Waals surface area contributed by atoms with Crippen molar-refractivity contribution in [1.29, 1.82) is 0 Å². The Labute approximate surface area is 144 Å². The van der Waals surface area contributed by atoms with Crippen LogP contribution in [0.15, 0.2) is 24.3 Å². The number of fused-ring (bicyclic) bond motifs is 1. The molecule has 3 rings (SSSR count). The molecule has 2 aromatic rings. The summed E-state index contributed by atoms with van der Waals surface area (Å²) < 4.78 is 0. The summed E-state index contributed by atoms with van der Waals surface area (Å²) in [5.74, 6) is 1.30. The minimum Gasteiger partial charge on any atom is -0.368 e. The molecule has 128 valence electrons. The number of piperazine rings is 1. The fourth-order valence-electron chi connectivity index (χ4n) is 2.86. The number of hydrogen-bond acceptors (Lipinski definition) is 5. The maximum atomic E-state index is 5.97. The van der Waals surface area contributed by atoms with Crippen molar-refractivity contribution in [3.63, 3.8) is 0 Å². The molecule has 2 N–H and O–H groups in total. The molecule has 1 aliphatic heterocycles. The number of allylic oxidation sites excluding steroid dienone is 1. The minimum absolute atomic E-state index is 0.157. The topological polar surface area (TPSA) is 58.3 Å². The van der Waals surface area contributed by atoms with Crippen LogP contribution < -0.4 is 10.6 Å². The fraction of sp³-hybridized carbons (Fsp3) is 0.474. The van der Waals surface area contributed by atoms with Gasteiger partial charge in [-0.2, -0.15) is 4.98 Å². The van der Waals surface area contributed by atoms with E-state index in [0.717, 1.165) is 48.5 Å². The lowest BCUT2D eigenvalue weighted by atomic mass is 9.95. The highest BCUT2D eigenvalue weighted by Crippen LogP contribution is 2.27. The van der Waals surface area contributed by atoms with Crippen LogP contribution in [-0.4, -0.2) is 48.1 Å². The molecule has 0 saturated carbocycles. The Morgan fingerprint density at radius 1 is 1.08 bits per heavy atom. The predicted octanol–water partition coefficient (Wildman–Crippen LogP) is 3.02. The van der Waals surface area contributed by atoms with Crippen molar-refractivity contribution in [2.75, 3.05) is 43.9 Å². The molecule has 0 unspecified atom stereocenters. The van der Waals surface area contributed by atoms with Gasteiger partial charge in [-0.1, -0.05) is 39.0 Å². The standard InChI is InChI=1S/C19H27N5/c1-19(2,3)8-7-14-5-6-15-16(13-14)21-18(20)22-17(15)24-11-9-23(4)10-12-24/h5-8,13H,9-12H2,1-4H3,(H2,20,21,22). The number of nitrogen functional groups attached to an aromatic ring is 1. The first kappa shape index (κ1) is 16.7. The highest BCUT2D eigenvalue weighted by molar-refractivity contribution is 5.91. The normalized spacial score (nSPS) is 17.1. The van der Waals surface area contributed by atoms with Gasteiger partial charge in [0.2, 0.25) is 5.95 Å². The fourth-order valence-corrected chi connectivity index (χ4v) is 2.86. The number of nitrogens with two attached hydrogens (primary N) is 1. The molecule has 1 aromatic heterocycles. The number of nitrogens with zero attached hydrogens (tertiary/aromatic N) is 4. The van der Waals surface area contributed by atoms with Gasteiger partial charge < -0.3 is 15.5 Å². The average molecular weight is 325 g/mol. The molecule has 0 aliphatic carbocycles. The summed E-state index contributed by atoms with van der Waals surface area (Å²) >= 11 is 0. The third kappa shape index (κ3) is 3.85. The van der Waals surface area contributed by atoms with Gasteiger partial charge in [0.15, 0.2) is 0 Å². The molecule has 2 heterocycles. The highest BCUT2D eigenvalue weighted by atomic mass is 15.3. The van der Waals surface area contributed by atoms with E-state index in [9.17, 15) is 0 Å². The Kier molecular flexibility index (Phi) is 4.45. The second-order valence-electron chi connectivity index (χ2n) is 7.67. The number of likely N-dealkylation sites (N-methyl/N-ethyl adjacent to an activating group) is 1. The molecule has 1 saturated heterocycles. The molecule has 0 bridgehead atoms. The number of anilines is 2. The van der Waals surface area contributed by atoms with Gasteiger partial charge in [-0.3, -0.25) is 0 Å². The summed E-state index contributed by atoms with van der Waals surface area (Å²) in [6.07, 6.45) is 4.35. The second-order valence-corrected chi connectivity index (χ2v) is 7.67. The van der Waals surface area contributed by atoms with Gasteiger partial charge in [0.25, 0.3) is 0 Å². The van der Waals surface area contributed by atoms with Crippen LogP contribution in [0.1, 0.15) is 26.3 Å². The van der Waals surface area contributed by atoms with Crippen LogP contribution in [-0.2, 0) is 0 Å². The minimum atomic E-state index is 0.157. The zero-order valence-corrected chi connectivity index (χ0v) is 15.1. The van der Waals surface area contributed by atoms with E-state index in [0.29, 0.717) is 5.95 Å². The Hall–Kier alpha value is -2.14. The molecule has 24 heavy (non-hydrogen) atoms. The highest BCUT2D eigenvalue weighted by Gasteiger charge is 2.18. The van der Waals surface area contributed by atoms with Crippen molar-refractivity contribution in [3.8, 4) is 0 Å². The van der Waals surface area contributed by atoms with Crippen molar-refractivity contribution in [2.24, 2.45) is 5.41 Å². The van der Waals surface area contributed by atoms with Crippen LogP contribution in [0.5, 0.6) is 0 Å². The van der Waals surface area contributed by atoms with Crippen LogP contribution >= 0.6 is 0 Å². The van der Waals surface area contributed by atoms with E-state index < -0.39 is 0 Å². The van der Waals surface area contributed by atoms with Crippen LogP contribution in [0.2, 0.25) is 0 Å². The molecule has 1 aliphatic rings. The Balaban J connectivity index is 1.98. The van der Waals surface area contributed by atoms with E-state index in [1.165, 1.54) is 0 Å². The summed E-state index contributed by atoms with van der Waals surface area (Å²) in [6.45, 7) is 10.6. The first-order valence-electron chi connectivity index (χ1n) is 8.52. The van der Waals surface area contributed by atoms with Gasteiger partial charge in [-0.25, -0.2) is 4.98 Å². The van der Waals surface area contributed by atoms with Gasteiger partial charge >= 0.3 is 0 Å². The monoisotopic (exact) mass is 325 g/mol. The molecule has 5 heteroatoms. The lowest BCUT2D eigenvalue weighted by Gasteiger charge is -2.33. The number of hydrogen-bond donors (Lipinski definition) is 1. The Bertz CT molecular complexity index is 752. The predicted molar refractivity (Wildman–Crippen MR) is 102 cm³/mol. The van der Waals surface area contributed by atoms with Gasteiger partial charge in [0.1, 0.15) is 5.82 Å². The van der Waals surface area contributed by atoms with Crippen molar-refractivity contribution in [2.45, 2.75) is 20.8 Å². The van der Waals surface area contributed by atoms with Crippen molar-refractivity contribution >= 4 is 28.7 Å². The van der Waals surface area contributed by atoms with Gasteiger partial charge in [-0.05, 0) is 30.2 Å². The van der Waals surface area contributed by atoms with Crippen LogP contribution in [0.3, 0.4) is 0 Å². The van der Waals surface area contributed by atoms with Crippen molar-refractivity contribution in [3.05, 3.63) is 29.8 Å². The van der Waals surface area contributed by atoms with Gasteiger partial charge in [-0.15, -0.1) is 0 Å². The lowest BCUT2D eigenvalue weighted by Crippen LogP contribution is -2.45. The molecule has 1 aromatic carbocycles. The third-order valence-corrected chi connectivity index (χ3v) is 4.30. The second kappa shape index (κ2) is 6.40. The quantitative estimate of drug-likeness (QED) is 0.920. The first-order chi connectivity index (χ1) is 11.3. The van der Waals surface area contributed by atoms with E-state index in [-0.39, 0.29) is 5.41 Å². The summed E-state index contributed by atoms with van der Waals surface area (Å²) in [4.78, 5) is 13.6. The molecule has 0 spiro atoms. The molecular weight excluding hydrogens is 298 g/mol. The first-order valence-corrected chi connectivity index (χ1v) is 8.52. The Morgan fingerprint density at radius 3 is 2.46 bits per heavy atom. The van der Waals surface area contributed by atoms with E-state index in [2.05, 4.69) is 77.9 Å². The zero-order valence-electron chi connectivity index (χ0n) is 15.1. The van der Waals surface area contributed by atoms with Crippen LogP contribution in [0, 0.1) is 5.41 Å². The van der Waals surface area contributed by atoms with E-state index in [1.807, 2.05) is 0 Å². The maximum Gasteiger partial charge on any atom is 0.222 e. The van der Waals surface area contributed by atoms with E-state index in [1.54, 1.807) is 0 Å². The average Bonchev–Trinajstić information content (AvgIpc) is 2.52. The molecule has 1 fully saturated rings. The van der Waals surface area contributed by atoms with Gasteiger partial charge in [0.05, 0.1) is 5.52 Å². The van der Waals surface area contributed by atoms with Crippen LogP contribution in [0.25, 0.3) is 17.0 Å². The largest absolute Gasteiger partial charge is 0.368 e. The summed E-state index contributed by atoms with van der Waals surface area (Å²) in [5, 5.41) is 1.07. The molecule has 0 radical (unpaired) electrons. The Morgan fingerprint density at radius 2 is 1.79 bits per heavy atom. The summed E-state index contributed by atoms with van der Waals surface area (Å²) in [7, 11) is 2.15. The molecule has 0 amide bonds. The third-order valence-electron chi connectivity index (χ3n) is 4.30. The summed E-state index contributed by atoms with van der Waals surface area (Å²) in [5.41, 5.74) is 8.18. The van der Waals surface area contributed by atoms with Crippen molar-refractivity contribution in [1.82, 2.24) is 14.9 Å². The molecule has 5 nitrogen and oxygen atoms in total. The van der Waals surface area contributed by atoms with E-state index >= 15 is 0 Å². The molecule has 0 atom stereocenters. The zero-order chi connectivity index (χ0) is 17.3. The number of rotatable bonds is 2. The maximum absolute atomic E-state index is 5.97. The lowest BCUT2D eigenvalue weighted by molar-refractivity contribution is 0.312. The SMILES string of the molecule is CN1CCN(c2nc(N)nc3cc(C=CC(C)(C)C)ccc23)CC1. The summed E-state index contributed by atoms with van der Waals surface area (Å²) in [6, 6.07) is 6.34. The van der Waals surface area contributed by atoms with Crippen molar-refractivity contribution < 1.29 is 0 Å². The number of aromatic nitrogens is 2.